The lowest BCUT2D eigenvalue weighted by molar-refractivity contribution is -0.128. The molecular weight excluding hydrogens is 370 g/mol. The predicted octanol–water partition coefficient (Wildman–Crippen LogP) is 3.39. The molecule has 0 bridgehead atoms. The van der Waals surface area contributed by atoms with Crippen LogP contribution in [0.15, 0.2) is 35.9 Å². The predicted molar refractivity (Wildman–Crippen MR) is 106 cm³/mol. The number of hydrogen-bond acceptors (Lipinski definition) is 3. The summed E-state index contributed by atoms with van der Waals surface area (Å²) in [6, 6.07) is 9.46. The summed E-state index contributed by atoms with van der Waals surface area (Å²) in [5.74, 6) is -0.855. The number of benzene rings is 1. The summed E-state index contributed by atoms with van der Waals surface area (Å²) in [5.41, 5.74) is 3.68. The van der Waals surface area contributed by atoms with E-state index in [4.69, 9.17) is 23.8 Å². The number of nitrogens with zero attached hydrogens (tertiary/aromatic N) is 2. The molecule has 0 atom stereocenters. The maximum atomic E-state index is 12.6. The van der Waals surface area contributed by atoms with E-state index in [-0.39, 0.29) is 16.6 Å². The summed E-state index contributed by atoms with van der Waals surface area (Å²) >= 11 is 11.2. The Balaban J connectivity index is 2.07. The van der Waals surface area contributed by atoms with Crippen molar-refractivity contribution < 1.29 is 9.59 Å². The first-order valence-electron chi connectivity index (χ1n) is 8.17. The highest BCUT2D eigenvalue weighted by Gasteiger charge is 2.32. The molecule has 2 heterocycles. The summed E-state index contributed by atoms with van der Waals surface area (Å²) in [5, 5.41) is 3.35. The molecule has 0 radical (unpaired) electrons. The number of rotatable bonds is 3. The fraction of sp³-hybridized carbons (Fsp3) is 0.211. The molecule has 2 amide bonds. The smallest absolute Gasteiger partial charge is 0.265 e. The van der Waals surface area contributed by atoms with Crippen LogP contribution in [-0.2, 0) is 9.59 Å². The molecule has 0 aliphatic carbocycles. The van der Waals surface area contributed by atoms with E-state index in [9.17, 15) is 9.59 Å². The molecule has 5 nitrogen and oxygen atoms in total. The van der Waals surface area contributed by atoms with Gasteiger partial charge in [0.25, 0.3) is 11.8 Å². The van der Waals surface area contributed by atoms with Crippen molar-refractivity contribution in [1.29, 1.82) is 0 Å². The van der Waals surface area contributed by atoms with Gasteiger partial charge in [-0.1, -0.05) is 17.7 Å². The van der Waals surface area contributed by atoms with Crippen molar-refractivity contribution in [3.8, 4) is 5.69 Å². The quantitative estimate of drug-likeness (QED) is 0.499. The Hall–Kier alpha value is -2.44. The van der Waals surface area contributed by atoms with Gasteiger partial charge in [0, 0.05) is 28.6 Å². The lowest BCUT2D eigenvalue weighted by Gasteiger charge is -2.27. The summed E-state index contributed by atoms with van der Waals surface area (Å²) in [6.07, 6.45) is 1.62. The maximum Gasteiger partial charge on any atom is 0.265 e. The highest BCUT2D eigenvalue weighted by Crippen LogP contribution is 2.25. The third kappa shape index (κ3) is 3.18. The van der Waals surface area contributed by atoms with E-state index in [1.807, 2.05) is 55.7 Å². The van der Waals surface area contributed by atoms with Gasteiger partial charge < -0.3 is 4.57 Å². The Morgan fingerprint density at radius 2 is 1.96 bits per heavy atom. The van der Waals surface area contributed by atoms with Gasteiger partial charge in [0.05, 0.1) is 0 Å². The van der Waals surface area contributed by atoms with Crippen molar-refractivity contribution in [2.75, 3.05) is 6.54 Å². The van der Waals surface area contributed by atoms with Crippen molar-refractivity contribution in [2.24, 2.45) is 0 Å². The number of thiocarbonyl (C=S) groups is 1. The highest BCUT2D eigenvalue weighted by atomic mass is 35.5. The third-order valence-corrected chi connectivity index (χ3v) is 4.90. The standard InChI is InChI=1S/C19H18ClN3O2S/c1-4-22-18(25)16(17(24)21-19(22)26)9-13-8-11(2)23(12(13)3)15-7-5-6-14(20)10-15/h5-10H,4H2,1-3H3,(H,21,24,26)/b16-9+. The first-order chi connectivity index (χ1) is 12.3. The lowest BCUT2D eigenvalue weighted by atomic mass is 10.1. The van der Waals surface area contributed by atoms with Gasteiger partial charge in [0.1, 0.15) is 5.57 Å². The number of hydrogen-bond donors (Lipinski definition) is 1. The van der Waals surface area contributed by atoms with Crippen LogP contribution >= 0.6 is 23.8 Å². The Bertz CT molecular complexity index is 962. The molecule has 1 aromatic heterocycles. The molecule has 1 aliphatic rings. The van der Waals surface area contributed by atoms with Crippen molar-refractivity contribution in [3.05, 3.63) is 57.9 Å². The van der Waals surface area contributed by atoms with Crippen molar-refractivity contribution in [3.63, 3.8) is 0 Å². The summed E-state index contributed by atoms with van der Waals surface area (Å²) in [4.78, 5) is 26.2. The number of carbonyl (C=O) groups excluding carboxylic acids is 2. The second-order valence-corrected chi connectivity index (χ2v) is 6.83. The number of carbonyl (C=O) groups is 2. The minimum atomic E-state index is -0.475. The molecule has 0 unspecified atom stereocenters. The zero-order chi connectivity index (χ0) is 19.0. The molecule has 1 saturated heterocycles. The maximum absolute atomic E-state index is 12.6. The Morgan fingerprint density at radius 3 is 2.62 bits per heavy atom. The molecule has 1 aromatic carbocycles. The molecule has 2 aromatic rings. The van der Waals surface area contributed by atoms with Gasteiger partial charge in [0.2, 0.25) is 0 Å². The fourth-order valence-electron chi connectivity index (χ4n) is 3.08. The van der Waals surface area contributed by atoms with Gasteiger partial charge in [-0.15, -0.1) is 0 Å². The zero-order valence-corrected chi connectivity index (χ0v) is 16.2. The van der Waals surface area contributed by atoms with Crippen molar-refractivity contribution >= 4 is 46.8 Å². The van der Waals surface area contributed by atoms with Crippen LogP contribution in [0.5, 0.6) is 0 Å². The average Bonchev–Trinajstić information content (AvgIpc) is 2.85. The Kier molecular flexibility index (Phi) is 4.98. The fourth-order valence-corrected chi connectivity index (χ4v) is 3.57. The second kappa shape index (κ2) is 7.05. The van der Waals surface area contributed by atoms with Crippen LogP contribution in [0.1, 0.15) is 23.9 Å². The molecule has 1 fully saturated rings. The zero-order valence-electron chi connectivity index (χ0n) is 14.7. The molecule has 26 heavy (non-hydrogen) atoms. The number of halogens is 1. The van der Waals surface area contributed by atoms with Gasteiger partial charge in [-0.2, -0.15) is 0 Å². The van der Waals surface area contributed by atoms with Gasteiger partial charge in [-0.05, 0) is 68.9 Å². The lowest BCUT2D eigenvalue weighted by Crippen LogP contribution is -2.53. The molecule has 0 saturated carbocycles. The molecule has 3 rings (SSSR count). The molecular formula is C19H18ClN3O2S. The van der Waals surface area contributed by atoms with E-state index in [2.05, 4.69) is 5.32 Å². The van der Waals surface area contributed by atoms with Gasteiger partial charge >= 0.3 is 0 Å². The number of amides is 2. The minimum absolute atomic E-state index is 0.0757. The number of nitrogens with one attached hydrogen (secondary N) is 1. The topological polar surface area (TPSA) is 54.3 Å². The van der Waals surface area contributed by atoms with Gasteiger partial charge in [-0.3, -0.25) is 19.8 Å². The minimum Gasteiger partial charge on any atom is -0.318 e. The van der Waals surface area contributed by atoms with Crippen LogP contribution in [-0.4, -0.2) is 32.9 Å². The van der Waals surface area contributed by atoms with Crippen molar-refractivity contribution in [1.82, 2.24) is 14.8 Å². The monoisotopic (exact) mass is 387 g/mol. The third-order valence-electron chi connectivity index (χ3n) is 4.34. The van der Waals surface area contributed by atoms with Crippen LogP contribution in [0, 0.1) is 13.8 Å². The molecule has 134 valence electrons. The summed E-state index contributed by atoms with van der Waals surface area (Å²) in [7, 11) is 0. The molecule has 1 N–H and O–H groups in total. The Morgan fingerprint density at radius 1 is 1.23 bits per heavy atom. The van der Waals surface area contributed by atoms with E-state index in [0.717, 1.165) is 22.6 Å². The second-order valence-electron chi connectivity index (χ2n) is 6.01. The van der Waals surface area contributed by atoms with E-state index in [0.29, 0.717) is 11.6 Å². The van der Waals surface area contributed by atoms with Crippen molar-refractivity contribution in [2.45, 2.75) is 20.8 Å². The normalized spacial score (nSPS) is 16.4. The van der Waals surface area contributed by atoms with E-state index in [1.165, 1.54) is 4.90 Å². The van der Waals surface area contributed by atoms with E-state index >= 15 is 0 Å². The highest BCUT2D eigenvalue weighted by molar-refractivity contribution is 7.80. The first kappa shape index (κ1) is 18.4. The van der Waals surface area contributed by atoms with Crippen LogP contribution in [0.3, 0.4) is 0 Å². The number of aromatic nitrogens is 1. The average molecular weight is 388 g/mol. The van der Waals surface area contributed by atoms with Crippen LogP contribution in [0.25, 0.3) is 11.8 Å². The van der Waals surface area contributed by atoms with E-state index in [1.54, 1.807) is 6.08 Å². The van der Waals surface area contributed by atoms with Gasteiger partial charge in [0.15, 0.2) is 5.11 Å². The van der Waals surface area contributed by atoms with Gasteiger partial charge in [-0.25, -0.2) is 0 Å². The van der Waals surface area contributed by atoms with E-state index < -0.39 is 5.91 Å². The summed E-state index contributed by atoms with van der Waals surface area (Å²) in [6.45, 7) is 6.11. The SMILES string of the molecule is CCN1C(=O)/C(=C/c2cc(C)n(-c3cccc(Cl)c3)c2C)C(=O)NC1=S. The van der Waals surface area contributed by atoms with Crippen LogP contribution < -0.4 is 5.32 Å². The van der Waals surface area contributed by atoms with Crippen LogP contribution in [0.2, 0.25) is 5.02 Å². The molecule has 0 spiro atoms. The Labute approximate surface area is 162 Å². The molecule has 7 heteroatoms. The number of likely N-dealkylation sites (N-methyl/N-ethyl adjacent to an activating group) is 1. The molecule has 1 aliphatic heterocycles. The first-order valence-corrected chi connectivity index (χ1v) is 8.96. The summed E-state index contributed by atoms with van der Waals surface area (Å²) < 4.78 is 2.03. The number of aryl methyl sites for hydroxylation is 1. The van der Waals surface area contributed by atoms with Crippen LogP contribution in [0.4, 0.5) is 0 Å². The largest absolute Gasteiger partial charge is 0.318 e.